The van der Waals surface area contributed by atoms with E-state index in [1.165, 1.54) is 44.6 Å². The predicted octanol–water partition coefficient (Wildman–Crippen LogP) is 8.80. The van der Waals surface area contributed by atoms with Crippen molar-refractivity contribution >= 4 is 11.8 Å². The maximum absolute atomic E-state index is 13.7. The van der Waals surface area contributed by atoms with Gasteiger partial charge < -0.3 is 4.74 Å². The molecular weight excluding hydrogens is 456 g/mol. The van der Waals surface area contributed by atoms with Crippen molar-refractivity contribution in [2.45, 2.75) is 133 Å². The molecule has 9 atom stereocenters. The molecule has 0 aromatic rings. The maximum Gasteiger partial charge on any atom is 0.303 e. The Kier molecular flexibility index (Phi) is 7.20. The highest BCUT2D eigenvalue weighted by Gasteiger charge is 2.66. The van der Waals surface area contributed by atoms with Crippen LogP contribution in [0.15, 0.2) is 11.6 Å². The first-order valence-corrected chi connectivity index (χ1v) is 15.3. The molecule has 4 aliphatic rings. The van der Waals surface area contributed by atoms with Crippen LogP contribution in [0.2, 0.25) is 0 Å². The summed E-state index contributed by atoms with van der Waals surface area (Å²) in [5.41, 5.74) is 1.71. The first kappa shape index (κ1) is 28.9. The Bertz CT molecular complexity index is 958. The zero-order valence-electron chi connectivity index (χ0n) is 25.9. The quantitative estimate of drug-likeness (QED) is 0.334. The number of allylic oxidation sites excluding steroid dienone is 2. The van der Waals surface area contributed by atoms with E-state index in [-0.39, 0.29) is 33.5 Å². The van der Waals surface area contributed by atoms with Gasteiger partial charge in [-0.15, -0.1) is 0 Å². The average Bonchev–Trinajstić information content (AvgIpc) is 3.05. The highest BCUT2D eigenvalue weighted by Crippen LogP contribution is 2.74. The van der Waals surface area contributed by atoms with Crippen molar-refractivity contribution in [1.29, 1.82) is 0 Å². The van der Waals surface area contributed by atoms with Crippen molar-refractivity contribution in [2.75, 3.05) is 0 Å². The molecule has 3 heteroatoms. The monoisotopic (exact) mass is 512 g/mol. The van der Waals surface area contributed by atoms with Crippen molar-refractivity contribution < 1.29 is 14.3 Å². The van der Waals surface area contributed by atoms with E-state index in [9.17, 15) is 9.59 Å². The van der Waals surface area contributed by atoms with Crippen LogP contribution in [0.4, 0.5) is 0 Å². The van der Waals surface area contributed by atoms with Gasteiger partial charge in [-0.3, -0.25) is 9.59 Å². The van der Waals surface area contributed by atoms with Crippen LogP contribution in [0.25, 0.3) is 0 Å². The van der Waals surface area contributed by atoms with Crippen LogP contribution in [0.5, 0.6) is 0 Å². The Balaban J connectivity index is 1.60. The van der Waals surface area contributed by atoms with E-state index in [1.54, 1.807) is 0 Å². The summed E-state index contributed by atoms with van der Waals surface area (Å²) < 4.78 is 5.61. The molecule has 0 saturated heterocycles. The molecule has 0 amide bonds. The lowest BCUT2D eigenvalue weighted by molar-refractivity contribution is -0.154. The molecule has 0 bridgehead atoms. The molecule has 1 unspecified atom stereocenters. The molecule has 0 aliphatic heterocycles. The summed E-state index contributed by atoms with van der Waals surface area (Å²) in [7, 11) is 0. The molecule has 3 nitrogen and oxygen atoms in total. The van der Waals surface area contributed by atoms with Gasteiger partial charge in [-0.05, 0) is 123 Å². The van der Waals surface area contributed by atoms with Gasteiger partial charge >= 0.3 is 5.97 Å². The number of esters is 1. The van der Waals surface area contributed by atoms with Crippen LogP contribution in [-0.2, 0) is 14.3 Å². The standard InChI is InChI=1S/C34H56O3/c1-21-18-27-28(36)19-26-25(32(27,9)20-22(21)2)13-16-34(11)29(14-17-33(26,34)10)31(7,8)23(3)12-15-30(5,6)37-24(4)35/h19,21-23,25,27,29H,12-18,20H2,1-11H3/t21-,22+,23-,25?,27+,29-,32-,33+,34-/m1/s1. The molecule has 3 fully saturated rings. The number of ether oxygens (including phenoxy) is 1. The smallest absolute Gasteiger partial charge is 0.303 e. The van der Waals surface area contributed by atoms with E-state index in [4.69, 9.17) is 4.74 Å². The summed E-state index contributed by atoms with van der Waals surface area (Å²) in [6.45, 7) is 25.3. The van der Waals surface area contributed by atoms with Crippen LogP contribution in [0.1, 0.15) is 128 Å². The van der Waals surface area contributed by atoms with E-state index < -0.39 is 5.60 Å². The molecular formula is C34H56O3. The zero-order chi connectivity index (χ0) is 27.8. The second kappa shape index (κ2) is 9.22. The topological polar surface area (TPSA) is 43.4 Å². The summed E-state index contributed by atoms with van der Waals surface area (Å²) in [6, 6.07) is 0. The summed E-state index contributed by atoms with van der Waals surface area (Å²) in [6.07, 6.45) is 11.3. The summed E-state index contributed by atoms with van der Waals surface area (Å²) in [5.74, 6) is 3.50. The molecule has 4 rings (SSSR count). The van der Waals surface area contributed by atoms with Crippen molar-refractivity contribution in [3.8, 4) is 0 Å². The van der Waals surface area contributed by atoms with Gasteiger partial charge in [0.15, 0.2) is 5.78 Å². The largest absolute Gasteiger partial charge is 0.460 e. The van der Waals surface area contributed by atoms with Gasteiger partial charge in [0.1, 0.15) is 5.60 Å². The maximum atomic E-state index is 13.7. The lowest BCUT2D eigenvalue weighted by Gasteiger charge is -2.62. The van der Waals surface area contributed by atoms with Gasteiger partial charge in [0.2, 0.25) is 0 Å². The minimum absolute atomic E-state index is 0.102. The Labute approximate surface area is 228 Å². The highest BCUT2D eigenvalue weighted by atomic mass is 16.6. The number of ketones is 1. The first-order valence-electron chi connectivity index (χ1n) is 15.3. The second-order valence-electron chi connectivity index (χ2n) is 16.0. The minimum Gasteiger partial charge on any atom is -0.460 e. The number of fused-ring (bicyclic) bond motifs is 5. The second-order valence-corrected chi connectivity index (χ2v) is 16.0. The fraction of sp³-hybridized carbons (Fsp3) is 0.882. The third-order valence-electron chi connectivity index (χ3n) is 13.3. The van der Waals surface area contributed by atoms with Crippen LogP contribution in [0, 0.1) is 57.2 Å². The van der Waals surface area contributed by atoms with E-state index >= 15 is 0 Å². The average molecular weight is 513 g/mol. The van der Waals surface area contributed by atoms with Crippen molar-refractivity contribution in [3.05, 3.63) is 11.6 Å². The molecule has 0 N–H and O–H groups in total. The van der Waals surface area contributed by atoms with Gasteiger partial charge in [-0.1, -0.05) is 61.0 Å². The van der Waals surface area contributed by atoms with E-state index in [0.29, 0.717) is 35.4 Å². The SMILES string of the molecule is CC(=O)OC(C)(C)CC[C@@H](C)C(C)(C)[C@H]1CC[C@@]2(C)C3=CC(=O)[C@@H]4C[C@@H](C)[C@@H](C)C[C@]4(C)C3CC[C@]12C. The fourth-order valence-corrected chi connectivity index (χ4v) is 10.2. The number of carbonyl (C=O) groups excluding carboxylic acids is 2. The first-order chi connectivity index (χ1) is 16.9. The van der Waals surface area contributed by atoms with Gasteiger partial charge in [0.05, 0.1) is 0 Å². The molecule has 0 heterocycles. The lowest BCUT2D eigenvalue weighted by Crippen LogP contribution is -2.56. The molecule has 4 aliphatic carbocycles. The Morgan fingerprint density at radius 3 is 2.32 bits per heavy atom. The Morgan fingerprint density at radius 1 is 1.05 bits per heavy atom. The summed E-state index contributed by atoms with van der Waals surface area (Å²) >= 11 is 0. The van der Waals surface area contributed by atoms with Gasteiger partial charge in [-0.2, -0.15) is 0 Å². The molecule has 0 radical (unpaired) electrons. The van der Waals surface area contributed by atoms with Crippen LogP contribution < -0.4 is 0 Å². The van der Waals surface area contributed by atoms with Crippen molar-refractivity contribution in [3.63, 3.8) is 0 Å². The number of hydrogen-bond donors (Lipinski definition) is 0. The number of hydrogen-bond acceptors (Lipinski definition) is 3. The van der Waals surface area contributed by atoms with Crippen molar-refractivity contribution in [1.82, 2.24) is 0 Å². The lowest BCUT2D eigenvalue weighted by atomic mass is 9.41. The van der Waals surface area contributed by atoms with Gasteiger partial charge in [0.25, 0.3) is 0 Å². The van der Waals surface area contributed by atoms with E-state index in [0.717, 1.165) is 19.3 Å². The zero-order valence-corrected chi connectivity index (χ0v) is 25.9. The van der Waals surface area contributed by atoms with Crippen LogP contribution in [0.3, 0.4) is 0 Å². The van der Waals surface area contributed by atoms with Crippen LogP contribution >= 0.6 is 0 Å². The molecule has 37 heavy (non-hydrogen) atoms. The van der Waals surface area contributed by atoms with Gasteiger partial charge in [0, 0.05) is 12.8 Å². The summed E-state index contributed by atoms with van der Waals surface area (Å²) in [4.78, 5) is 25.3. The van der Waals surface area contributed by atoms with Crippen LogP contribution in [-0.4, -0.2) is 17.4 Å². The van der Waals surface area contributed by atoms with E-state index in [2.05, 4.69) is 61.5 Å². The molecule has 0 aromatic carbocycles. The molecule has 210 valence electrons. The number of rotatable bonds is 6. The predicted molar refractivity (Wildman–Crippen MR) is 152 cm³/mol. The Hall–Kier alpha value is -1.12. The summed E-state index contributed by atoms with van der Waals surface area (Å²) in [5, 5.41) is 0. The molecule has 0 spiro atoms. The fourth-order valence-electron chi connectivity index (χ4n) is 10.2. The van der Waals surface area contributed by atoms with E-state index in [1.807, 2.05) is 13.8 Å². The van der Waals surface area contributed by atoms with Crippen molar-refractivity contribution in [2.24, 2.45) is 57.2 Å². The molecule has 3 saturated carbocycles. The minimum atomic E-state index is -0.420. The molecule has 0 aromatic heterocycles. The van der Waals surface area contributed by atoms with Gasteiger partial charge in [-0.25, -0.2) is 0 Å². The Morgan fingerprint density at radius 2 is 1.70 bits per heavy atom. The third kappa shape index (κ3) is 4.47. The number of carbonyl (C=O) groups is 2. The third-order valence-corrected chi connectivity index (χ3v) is 13.3. The highest BCUT2D eigenvalue weighted by molar-refractivity contribution is 5.94. The normalized spacial score (nSPS) is 42.8.